The Hall–Kier alpha value is -2.02. The van der Waals surface area contributed by atoms with Gasteiger partial charge >= 0.3 is 0 Å². The second-order valence-corrected chi connectivity index (χ2v) is 5.48. The number of hydrogen-bond acceptors (Lipinski definition) is 0. The van der Waals surface area contributed by atoms with Crippen LogP contribution in [-0.4, -0.2) is 4.98 Å². The van der Waals surface area contributed by atoms with E-state index in [1.165, 1.54) is 33.5 Å². The van der Waals surface area contributed by atoms with Gasteiger partial charge in [0, 0.05) is 17.5 Å². The van der Waals surface area contributed by atoms with Crippen LogP contribution in [0.4, 0.5) is 0 Å². The lowest BCUT2D eigenvalue weighted by atomic mass is 9.97. The fourth-order valence-corrected chi connectivity index (χ4v) is 2.39. The molecule has 0 aliphatic rings. The summed E-state index contributed by atoms with van der Waals surface area (Å²) in [6, 6.07) is 8.82. The van der Waals surface area contributed by atoms with E-state index < -0.39 is 0 Å². The summed E-state index contributed by atoms with van der Waals surface area (Å²) >= 11 is 0. The molecule has 1 heterocycles. The van der Waals surface area contributed by atoms with Crippen LogP contribution in [0.3, 0.4) is 0 Å². The van der Waals surface area contributed by atoms with Gasteiger partial charge in [-0.2, -0.15) is 0 Å². The quantitative estimate of drug-likeness (QED) is 0.682. The number of rotatable bonds is 4. The maximum absolute atomic E-state index is 3.88. The molecule has 0 atom stereocenters. The summed E-state index contributed by atoms with van der Waals surface area (Å²) in [7, 11) is 0. The Labute approximate surface area is 122 Å². The first-order valence-corrected chi connectivity index (χ1v) is 7.15. The Bertz CT molecular complexity index is 642. The number of aromatic amines is 1. The van der Waals surface area contributed by atoms with Gasteiger partial charge in [0.2, 0.25) is 0 Å². The highest BCUT2D eigenvalue weighted by atomic mass is 14.7. The van der Waals surface area contributed by atoms with Crippen LogP contribution in [0.25, 0.3) is 16.8 Å². The maximum atomic E-state index is 3.88. The van der Waals surface area contributed by atoms with Gasteiger partial charge in [0.25, 0.3) is 0 Å². The van der Waals surface area contributed by atoms with Gasteiger partial charge in [0.15, 0.2) is 0 Å². The van der Waals surface area contributed by atoms with Crippen LogP contribution in [0.1, 0.15) is 43.4 Å². The average Bonchev–Trinajstić information content (AvgIpc) is 2.91. The highest BCUT2D eigenvalue weighted by Crippen LogP contribution is 2.29. The van der Waals surface area contributed by atoms with E-state index in [-0.39, 0.29) is 0 Å². The number of hydrogen-bond donors (Lipinski definition) is 1. The Kier molecular flexibility index (Phi) is 4.29. The van der Waals surface area contributed by atoms with Gasteiger partial charge in [-0.15, -0.1) is 0 Å². The normalized spacial score (nSPS) is 11.9. The third-order valence-corrected chi connectivity index (χ3v) is 3.76. The van der Waals surface area contributed by atoms with E-state index in [1.807, 2.05) is 13.0 Å². The minimum absolute atomic E-state index is 0.544. The van der Waals surface area contributed by atoms with Crippen molar-refractivity contribution in [2.75, 3.05) is 0 Å². The standard InChI is InChI=1S/C19H23N/c1-6-15(7-2)16-9-8-14(5)18(10-16)19-11-17(12-20-19)13(3)4/h6-13,20H,1H2,2-5H3/b15-7+. The molecule has 2 aromatic rings. The highest BCUT2D eigenvalue weighted by molar-refractivity contribution is 5.78. The maximum Gasteiger partial charge on any atom is 0.0459 e. The minimum Gasteiger partial charge on any atom is -0.361 e. The van der Waals surface area contributed by atoms with Crippen LogP contribution >= 0.6 is 0 Å². The summed E-state index contributed by atoms with van der Waals surface area (Å²) in [4.78, 5) is 3.40. The Morgan fingerprint density at radius 3 is 2.55 bits per heavy atom. The van der Waals surface area contributed by atoms with Crippen molar-refractivity contribution >= 4 is 5.57 Å². The van der Waals surface area contributed by atoms with Crippen molar-refractivity contribution in [1.29, 1.82) is 0 Å². The van der Waals surface area contributed by atoms with E-state index in [9.17, 15) is 0 Å². The van der Waals surface area contributed by atoms with Crippen molar-refractivity contribution < 1.29 is 0 Å². The molecule has 0 saturated carbocycles. The van der Waals surface area contributed by atoms with Crippen molar-refractivity contribution in [3.8, 4) is 11.3 Å². The second kappa shape index (κ2) is 5.96. The van der Waals surface area contributed by atoms with E-state index in [0.717, 1.165) is 0 Å². The second-order valence-electron chi connectivity index (χ2n) is 5.48. The summed E-state index contributed by atoms with van der Waals surface area (Å²) in [5, 5.41) is 0. The molecule has 0 fully saturated rings. The summed E-state index contributed by atoms with van der Waals surface area (Å²) in [6.07, 6.45) is 6.11. The van der Waals surface area contributed by atoms with Gasteiger partial charge in [-0.25, -0.2) is 0 Å². The van der Waals surface area contributed by atoms with E-state index >= 15 is 0 Å². The Balaban J connectivity index is 2.49. The predicted octanol–water partition coefficient (Wildman–Crippen LogP) is 5.70. The van der Waals surface area contributed by atoms with Gasteiger partial charge in [-0.3, -0.25) is 0 Å². The molecule has 0 bridgehead atoms. The van der Waals surface area contributed by atoms with Gasteiger partial charge in [-0.1, -0.05) is 44.7 Å². The molecule has 1 aromatic carbocycles. The van der Waals surface area contributed by atoms with Crippen molar-refractivity contribution in [2.24, 2.45) is 0 Å². The van der Waals surface area contributed by atoms with Crippen molar-refractivity contribution in [2.45, 2.75) is 33.6 Å². The number of nitrogens with one attached hydrogen (secondary N) is 1. The molecule has 0 aliphatic carbocycles. The van der Waals surface area contributed by atoms with Crippen molar-refractivity contribution in [1.82, 2.24) is 4.98 Å². The minimum atomic E-state index is 0.544. The molecule has 104 valence electrons. The lowest BCUT2D eigenvalue weighted by molar-refractivity contribution is 0.869. The van der Waals surface area contributed by atoms with Gasteiger partial charge in [0.1, 0.15) is 0 Å². The van der Waals surface area contributed by atoms with E-state index in [0.29, 0.717) is 5.92 Å². The molecule has 1 aromatic heterocycles. The number of aromatic nitrogens is 1. The zero-order valence-electron chi connectivity index (χ0n) is 12.8. The molecular formula is C19H23N. The molecule has 0 amide bonds. The van der Waals surface area contributed by atoms with E-state index in [4.69, 9.17) is 0 Å². The van der Waals surface area contributed by atoms with Crippen molar-refractivity contribution in [3.05, 3.63) is 65.9 Å². The Morgan fingerprint density at radius 2 is 2.00 bits per heavy atom. The first-order valence-electron chi connectivity index (χ1n) is 7.15. The first kappa shape index (κ1) is 14.4. The molecule has 1 N–H and O–H groups in total. The fraction of sp³-hybridized carbons (Fsp3) is 0.263. The Morgan fingerprint density at radius 1 is 1.25 bits per heavy atom. The molecule has 20 heavy (non-hydrogen) atoms. The van der Waals surface area contributed by atoms with Gasteiger partial charge in [-0.05, 0) is 54.2 Å². The van der Waals surface area contributed by atoms with Gasteiger partial charge < -0.3 is 4.98 Å². The number of benzene rings is 1. The lowest BCUT2D eigenvalue weighted by Gasteiger charge is -2.08. The summed E-state index contributed by atoms with van der Waals surface area (Å²) in [6.45, 7) is 12.5. The molecule has 2 rings (SSSR count). The summed E-state index contributed by atoms with van der Waals surface area (Å²) in [5.41, 5.74) is 7.46. The molecule has 0 spiro atoms. The summed E-state index contributed by atoms with van der Waals surface area (Å²) < 4.78 is 0. The SMILES string of the molecule is C=C/C(=C\C)c1ccc(C)c(-c2cc(C(C)C)c[nH]2)c1. The third kappa shape index (κ3) is 2.77. The number of aryl methyl sites for hydroxylation is 1. The zero-order valence-corrected chi connectivity index (χ0v) is 12.8. The smallest absolute Gasteiger partial charge is 0.0459 e. The molecule has 1 heteroatoms. The third-order valence-electron chi connectivity index (χ3n) is 3.76. The monoisotopic (exact) mass is 265 g/mol. The zero-order chi connectivity index (χ0) is 14.7. The number of allylic oxidation sites excluding steroid dienone is 3. The number of H-pyrrole nitrogens is 1. The predicted molar refractivity (Wildman–Crippen MR) is 88.9 cm³/mol. The molecule has 0 aliphatic heterocycles. The van der Waals surface area contributed by atoms with Crippen molar-refractivity contribution in [3.63, 3.8) is 0 Å². The molecule has 0 saturated heterocycles. The van der Waals surface area contributed by atoms with E-state index in [1.54, 1.807) is 0 Å². The van der Waals surface area contributed by atoms with Crippen LogP contribution in [0.2, 0.25) is 0 Å². The van der Waals surface area contributed by atoms with Crippen LogP contribution in [-0.2, 0) is 0 Å². The van der Waals surface area contributed by atoms with Crippen LogP contribution in [0, 0.1) is 6.92 Å². The topological polar surface area (TPSA) is 15.8 Å². The summed E-state index contributed by atoms with van der Waals surface area (Å²) in [5.74, 6) is 0.544. The van der Waals surface area contributed by atoms with Crippen LogP contribution in [0.5, 0.6) is 0 Å². The van der Waals surface area contributed by atoms with Crippen LogP contribution < -0.4 is 0 Å². The van der Waals surface area contributed by atoms with Crippen LogP contribution in [0.15, 0.2) is 49.2 Å². The first-order chi connectivity index (χ1) is 9.56. The van der Waals surface area contributed by atoms with E-state index in [2.05, 4.69) is 68.9 Å². The molecule has 0 radical (unpaired) electrons. The fourth-order valence-electron chi connectivity index (χ4n) is 2.39. The molecular weight excluding hydrogens is 242 g/mol. The highest BCUT2D eigenvalue weighted by Gasteiger charge is 2.09. The molecule has 0 unspecified atom stereocenters. The molecule has 1 nitrogen and oxygen atoms in total. The lowest BCUT2D eigenvalue weighted by Crippen LogP contribution is -1.88. The largest absolute Gasteiger partial charge is 0.361 e. The average molecular weight is 265 g/mol. The van der Waals surface area contributed by atoms with Gasteiger partial charge in [0.05, 0.1) is 0 Å².